The van der Waals surface area contributed by atoms with Gasteiger partial charge >= 0.3 is 0 Å². The second kappa shape index (κ2) is 6.39. The molecule has 128 valence electrons. The van der Waals surface area contributed by atoms with E-state index >= 15 is 0 Å². The maximum Gasteiger partial charge on any atom is 0.219 e. The Labute approximate surface area is 144 Å². The summed E-state index contributed by atoms with van der Waals surface area (Å²) in [5, 5.41) is 11.5. The molecular formula is C17H18N6O2. The fourth-order valence-corrected chi connectivity index (χ4v) is 2.96. The number of fused-ring (bicyclic) bond motifs is 1. The van der Waals surface area contributed by atoms with Gasteiger partial charge in [0.15, 0.2) is 5.65 Å². The van der Waals surface area contributed by atoms with Crippen molar-refractivity contribution in [2.24, 2.45) is 0 Å². The van der Waals surface area contributed by atoms with Gasteiger partial charge in [-0.1, -0.05) is 6.08 Å². The summed E-state index contributed by atoms with van der Waals surface area (Å²) < 4.78 is 7.15. The molecule has 1 N–H and O–H groups in total. The fraction of sp³-hybridized carbons (Fsp3) is 0.294. The number of amides is 1. The highest BCUT2D eigenvalue weighted by molar-refractivity contribution is 5.79. The van der Waals surface area contributed by atoms with Gasteiger partial charge in [0.25, 0.3) is 0 Å². The first-order valence-corrected chi connectivity index (χ1v) is 8.12. The minimum absolute atomic E-state index is 0.0959. The minimum atomic E-state index is 0.0959. The second-order valence-corrected chi connectivity index (χ2v) is 5.90. The molecule has 0 bridgehead atoms. The molecule has 3 aromatic rings. The average molecular weight is 338 g/mol. The standard InChI is InChI=1S/C17H18N6O2/c1-12(24)22-6-4-13(5-7-22)15-10-19-17(23-11-20-21-16(15)23)18-9-14-3-2-8-25-14/h2-4,8,10-11H,5-7,9H2,1H3,(H,18,19). The molecule has 0 aromatic carbocycles. The largest absolute Gasteiger partial charge is 0.467 e. The van der Waals surface area contributed by atoms with Crippen molar-refractivity contribution in [3.8, 4) is 0 Å². The van der Waals surface area contributed by atoms with E-state index in [0.717, 1.165) is 29.0 Å². The van der Waals surface area contributed by atoms with Crippen molar-refractivity contribution < 1.29 is 9.21 Å². The third-order valence-corrected chi connectivity index (χ3v) is 4.33. The molecule has 1 amide bonds. The number of furan rings is 1. The number of nitrogens with zero attached hydrogens (tertiary/aromatic N) is 5. The number of anilines is 1. The Morgan fingerprint density at radius 1 is 1.44 bits per heavy atom. The summed E-state index contributed by atoms with van der Waals surface area (Å²) in [6, 6.07) is 3.75. The molecular weight excluding hydrogens is 320 g/mol. The van der Waals surface area contributed by atoms with Crippen LogP contribution in [0.15, 0.2) is 41.4 Å². The SMILES string of the molecule is CC(=O)N1CC=C(c2cnc(NCc3ccco3)n3cnnc23)CC1. The van der Waals surface area contributed by atoms with E-state index in [4.69, 9.17) is 4.42 Å². The Kier molecular flexibility index (Phi) is 3.93. The van der Waals surface area contributed by atoms with Gasteiger partial charge in [-0.25, -0.2) is 4.98 Å². The van der Waals surface area contributed by atoms with Crippen LogP contribution in [0.3, 0.4) is 0 Å². The molecule has 4 heterocycles. The van der Waals surface area contributed by atoms with Crippen molar-refractivity contribution >= 4 is 23.1 Å². The smallest absolute Gasteiger partial charge is 0.219 e. The van der Waals surface area contributed by atoms with E-state index in [-0.39, 0.29) is 5.91 Å². The monoisotopic (exact) mass is 338 g/mol. The molecule has 3 aromatic heterocycles. The summed E-state index contributed by atoms with van der Waals surface area (Å²) >= 11 is 0. The van der Waals surface area contributed by atoms with Gasteiger partial charge in [-0.2, -0.15) is 0 Å². The molecule has 0 fully saturated rings. The van der Waals surface area contributed by atoms with E-state index in [1.807, 2.05) is 27.6 Å². The molecule has 0 saturated carbocycles. The van der Waals surface area contributed by atoms with Gasteiger partial charge in [-0.15, -0.1) is 10.2 Å². The minimum Gasteiger partial charge on any atom is -0.467 e. The molecule has 8 heteroatoms. The molecule has 0 atom stereocenters. The zero-order valence-corrected chi connectivity index (χ0v) is 13.8. The number of hydrogen-bond acceptors (Lipinski definition) is 6. The number of carbonyl (C=O) groups excluding carboxylic acids is 1. The molecule has 1 aliphatic rings. The molecule has 0 unspecified atom stereocenters. The highest BCUT2D eigenvalue weighted by atomic mass is 16.3. The summed E-state index contributed by atoms with van der Waals surface area (Å²) in [5.74, 6) is 1.58. The summed E-state index contributed by atoms with van der Waals surface area (Å²) in [6.45, 7) is 3.45. The summed E-state index contributed by atoms with van der Waals surface area (Å²) in [5.41, 5.74) is 2.84. The van der Waals surface area contributed by atoms with Gasteiger partial charge in [0, 0.05) is 31.8 Å². The molecule has 4 rings (SSSR count). The number of aromatic nitrogens is 4. The molecule has 0 saturated heterocycles. The van der Waals surface area contributed by atoms with E-state index in [1.54, 1.807) is 19.5 Å². The Bertz CT molecular complexity index is 928. The molecule has 8 nitrogen and oxygen atoms in total. The second-order valence-electron chi connectivity index (χ2n) is 5.90. The summed E-state index contributed by atoms with van der Waals surface area (Å²) in [6.07, 6.45) is 7.93. The quantitative estimate of drug-likeness (QED) is 0.782. The van der Waals surface area contributed by atoms with Gasteiger partial charge in [-0.05, 0) is 24.1 Å². The number of carbonyl (C=O) groups is 1. The van der Waals surface area contributed by atoms with Crippen molar-refractivity contribution in [3.63, 3.8) is 0 Å². The van der Waals surface area contributed by atoms with E-state index in [0.29, 0.717) is 25.6 Å². The zero-order valence-electron chi connectivity index (χ0n) is 13.8. The lowest BCUT2D eigenvalue weighted by molar-refractivity contribution is -0.128. The van der Waals surface area contributed by atoms with Crippen LogP contribution in [0, 0.1) is 0 Å². The van der Waals surface area contributed by atoms with Crippen LogP contribution in [0.2, 0.25) is 0 Å². The predicted molar refractivity (Wildman–Crippen MR) is 91.7 cm³/mol. The normalized spacial score (nSPS) is 14.6. The van der Waals surface area contributed by atoms with Gasteiger partial charge in [0.2, 0.25) is 11.9 Å². The zero-order chi connectivity index (χ0) is 17.2. The highest BCUT2D eigenvalue weighted by Crippen LogP contribution is 2.26. The first-order chi connectivity index (χ1) is 12.2. The number of rotatable bonds is 4. The Balaban J connectivity index is 1.60. The van der Waals surface area contributed by atoms with E-state index in [9.17, 15) is 4.79 Å². The number of nitrogens with one attached hydrogen (secondary N) is 1. The first-order valence-electron chi connectivity index (χ1n) is 8.12. The Hall–Kier alpha value is -3.16. The van der Waals surface area contributed by atoms with Crippen molar-refractivity contribution in [3.05, 3.63) is 48.3 Å². The van der Waals surface area contributed by atoms with Gasteiger partial charge in [0.1, 0.15) is 12.1 Å². The van der Waals surface area contributed by atoms with Crippen LogP contribution in [0.5, 0.6) is 0 Å². The Morgan fingerprint density at radius 3 is 3.08 bits per heavy atom. The highest BCUT2D eigenvalue weighted by Gasteiger charge is 2.18. The van der Waals surface area contributed by atoms with Crippen LogP contribution >= 0.6 is 0 Å². The van der Waals surface area contributed by atoms with Crippen molar-refractivity contribution in [1.82, 2.24) is 24.5 Å². The first kappa shape index (κ1) is 15.4. The van der Waals surface area contributed by atoms with Crippen molar-refractivity contribution in [1.29, 1.82) is 0 Å². The van der Waals surface area contributed by atoms with Crippen LogP contribution in [-0.4, -0.2) is 43.5 Å². The van der Waals surface area contributed by atoms with Crippen molar-refractivity contribution in [2.75, 3.05) is 18.4 Å². The molecule has 0 radical (unpaired) electrons. The summed E-state index contributed by atoms with van der Waals surface area (Å²) in [7, 11) is 0. The van der Waals surface area contributed by atoms with Crippen molar-refractivity contribution in [2.45, 2.75) is 19.9 Å². The molecule has 0 aliphatic carbocycles. The van der Waals surface area contributed by atoms with Crippen LogP contribution in [0.25, 0.3) is 11.2 Å². The number of hydrogen-bond donors (Lipinski definition) is 1. The molecule has 1 aliphatic heterocycles. The maximum absolute atomic E-state index is 11.5. The van der Waals surface area contributed by atoms with E-state index in [1.165, 1.54) is 0 Å². The predicted octanol–water partition coefficient (Wildman–Crippen LogP) is 1.96. The topological polar surface area (TPSA) is 88.6 Å². The van der Waals surface area contributed by atoms with Gasteiger partial charge < -0.3 is 14.6 Å². The third kappa shape index (κ3) is 2.98. The lowest BCUT2D eigenvalue weighted by Gasteiger charge is -2.25. The van der Waals surface area contributed by atoms with Crippen LogP contribution in [0.1, 0.15) is 24.7 Å². The van der Waals surface area contributed by atoms with Gasteiger partial charge in [0.05, 0.1) is 12.8 Å². The van der Waals surface area contributed by atoms with Crippen LogP contribution < -0.4 is 5.32 Å². The van der Waals surface area contributed by atoms with Gasteiger partial charge in [-0.3, -0.25) is 9.20 Å². The Morgan fingerprint density at radius 2 is 2.36 bits per heavy atom. The van der Waals surface area contributed by atoms with E-state index in [2.05, 4.69) is 26.6 Å². The lowest BCUT2D eigenvalue weighted by Crippen LogP contribution is -2.32. The van der Waals surface area contributed by atoms with E-state index < -0.39 is 0 Å². The third-order valence-electron chi connectivity index (χ3n) is 4.33. The maximum atomic E-state index is 11.5. The van der Waals surface area contributed by atoms with Crippen LogP contribution in [-0.2, 0) is 11.3 Å². The molecule has 0 spiro atoms. The van der Waals surface area contributed by atoms with Crippen LogP contribution in [0.4, 0.5) is 5.95 Å². The lowest BCUT2D eigenvalue weighted by atomic mass is 10.0. The average Bonchev–Trinajstić information content (AvgIpc) is 3.31. The summed E-state index contributed by atoms with van der Waals surface area (Å²) in [4.78, 5) is 17.8. The molecule has 25 heavy (non-hydrogen) atoms. The fourth-order valence-electron chi connectivity index (χ4n) is 2.96.